The van der Waals surface area contributed by atoms with Gasteiger partial charge in [0.05, 0.1) is 23.1 Å². The number of benzene rings is 2. The van der Waals surface area contributed by atoms with Crippen LogP contribution in [0.2, 0.25) is 0 Å². The van der Waals surface area contributed by atoms with E-state index in [2.05, 4.69) is 4.72 Å². The number of carbonyl (C=O) groups is 1. The lowest BCUT2D eigenvalue weighted by atomic mass is 10.2. The van der Waals surface area contributed by atoms with E-state index < -0.39 is 10.0 Å². The van der Waals surface area contributed by atoms with Crippen molar-refractivity contribution in [2.24, 2.45) is 0 Å². The summed E-state index contributed by atoms with van der Waals surface area (Å²) in [6.07, 6.45) is 0. The van der Waals surface area contributed by atoms with Crippen LogP contribution in [0.3, 0.4) is 0 Å². The van der Waals surface area contributed by atoms with Crippen LogP contribution in [-0.2, 0) is 21.4 Å². The van der Waals surface area contributed by atoms with Crippen molar-refractivity contribution in [3.63, 3.8) is 0 Å². The number of sulfonamides is 1. The Morgan fingerprint density at radius 3 is 2.33 bits per heavy atom. The van der Waals surface area contributed by atoms with Crippen LogP contribution in [0.15, 0.2) is 59.5 Å². The molecule has 0 saturated carbocycles. The number of amides is 1. The molecule has 6 nitrogen and oxygen atoms in total. The van der Waals surface area contributed by atoms with Gasteiger partial charge in [0.1, 0.15) is 0 Å². The molecule has 0 aliphatic carbocycles. The Hall–Kier alpha value is -2.69. The number of carbonyl (C=O) groups excluding carboxylic acids is 1. The highest BCUT2D eigenvalue weighted by Crippen LogP contribution is 2.10. The summed E-state index contributed by atoms with van der Waals surface area (Å²) in [5, 5.41) is 8.72. The van der Waals surface area contributed by atoms with E-state index in [4.69, 9.17) is 5.26 Å². The van der Waals surface area contributed by atoms with Gasteiger partial charge in [0.2, 0.25) is 15.9 Å². The first-order valence-electron chi connectivity index (χ1n) is 7.20. The first kappa shape index (κ1) is 17.7. The maximum absolute atomic E-state index is 12.2. The van der Waals surface area contributed by atoms with Crippen LogP contribution < -0.4 is 4.72 Å². The van der Waals surface area contributed by atoms with E-state index in [9.17, 15) is 13.2 Å². The summed E-state index contributed by atoms with van der Waals surface area (Å²) in [5.41, 5.74) is 1.33. The zero-order valence-corrected chi connectivity index (χ0v) is 14.0. The van der Waals surface area contributed by atoms with Gasteiger partial charge in [-0.2, -0.15) is 5.26 Å². The monoisotopic (exact) mass is 343 g/mol. The van der Waals surface area contributed by atoms with Gasteiger partial charge in [0.15, 0.2) is 0 Å². The van der Waals surface area contributed by atoms with Gasteiger partial charge in [-0.1, -0.05) is 30.3 Å². The van der Waals surface area contributed by atoms with Gasteiger partial charge < -0.3 is 4.90 Å². The van der Waals surface area contributed by atoms with Gasteiger partial charge in [-0.05, 0) is 29.8 Å². The molecule has 0 fully saturated rings. The highest BCUT2D eigenvalue weighted by molar-refractivity contribution is 7.89. The van der Waals surface area contributed by atoms with Crippen molar-refractivity contribution in [3.8, 4) is 6.07 Å². The average Bonchev–Trinajstić information content (AvgIpc) is 2.60. The molecule has 124 valence electrons. The molecular formula is C17H17N3O3S. The molecule has 0 unspecified atom stereocenters. The van der Waals surface area contributed by atoms with Gasteiger partial charge >= 0.3 is 0 Å². The first-order valence-corrected chi connectivity index (χ1v) is 8.68. The summed E-state index contributed by atoms with van der Waals surface area (Å²) in [4.78, 5) is 13.6. The maximum Gasteiger partial charge on any atom is 0.241 e. The molecule has 2 aromatic carbocycles. The highest BCUT2D eigenvalue weighted by Gasteiger charge is 2.17. The average molecular weight is 343 g/mol. The molecule has 2 rings (SSSR count). The lowest BCUT2D eigenvalue weighted by molar-refractivity contribution is -0.129. The van der Waals surface area contributed by atoms with Gasteiger partial charge in [-0.25, -0.2) is 13.1 Å². The largest absolute Gasteiger partial charge is 0.340 e. The molecule has 0 aliphatic heterocycles. The number of nitriles is 1. The van der Waals surface area contributed by atoms with Gasteiger partial charge in [-0.3, -0.25) is 4.79 Å². The second-order valence-electron chi connectivity index (χ2n) is 5.20. The summed E-state index contributed by atoms with van der Waals surface area (Å²) in [6, 6.07) is 16.8. The van der Waals surface area contributed by atoms with Gasteiger partial charge in [0, 0.05) is 13.6 Å². The first-order chi connectivity index (χ1) is 11.4. The van der Waals surface area contributed by atoms with E-state index in [0.29, 0.717) is 12.1 Å². The second-order valence-corrected chi connectivity index (χ2v) is 6.96. The van der Waals surface area contributed by atoms with E-state index in [0.717, 1.165) is 5.56 Å². The molecule has 0 bridgehead atoms. The number of nitrogens with one attached hydrogen (secondary N) is 1. The van der Waals surface area contributed by atoms with E-state index >= 15 is 0 Å². The SMILES string of the molecule is CN(Cc1ccccc1)C(=O)CNS(=O)(=O)c1ccc(C#N)cc1. The Kier molecular flexibility index (Phi) is 5.68. The predicted octanol–water partition coefficient (Wildman–Crippen LogP) is 1.50. The smallest absolute Gasteiger partial charge is 0.241 e. The van der Waals surface area contributed by atoms with Crippen LogP contribution in [0.4, 0.5) is 0 Å². The van der Waals surface area contributed by atoms with Crippen LogP contribution in [0.25, 0.3) is 0 Å². The number of hydrogen-bond acceptors (Lipinski definition) is 4. The van der Waals surface area contributed by atoms with Gasteiger partial charge in [-0.15, -0.1) is 0 Å². The standard InChI is InChI=1S/C17H17N3O3S/c1-20(13-15-5-3-2-4-6-15)17(21)12-19-24(22,23)16-9-7-14(11-18)8-10-16/h2-10,19H,12-13H2,1H3. The predicted molar refractivity (Wildman–Crippen MR) is 89.3 cm³/mol. The summed E-state index contributed by atoms with van der Waals surface area (Å²) in [7, 11) is -2.18. The summed E-state index contributed by atoms with van der Waals surface area (Å²) in [5.74, 6) is -0.337. The molecular weight excluding hydrogens is 326 g/mol. The number of nitrogens with zero attached hydrogens (tertiary/aromatic N) is 2. The fourth-order valence-corrected chi connectivity index (χ4v) is 3.00. The Morgan fingerprint density at radius 1 is 1.12 bits per heavy atom. The van der Waals surface area contributed by atoms with Crippen molar-refractivity contribution in [2.75, 3.05) is 13.6 Å². The molecule has 1 amide bonds. The topological polar surface area (TPSA) is 90.3 Å². The lowest BCUT2D eigenvalue weighted by Crippen LogP contribution is -2.37. The number of hydrogen-bond donors (Lipinski definition) is 1. The minimum absolute atomic E-state index is 0.0139. The van der Waals surface area contributed by atoms with Crippen molar-refractivity contribution >= 4 is 15.9 Å². The van der Waals surface area contributed by atoms with Crippen LogP contribution in [0.1, 0.15) is 11.1 Å². The van der Waals surface area contributed by atoms with Crippen molar-refractivity contribution in [1.82, 2.24) is 9.62 Å². The third-order valence-electron chi connectivity index (χ3n) is 3.40. The van der Waals surface area contributed by atoms with Crippen molar-refractivity contribution in [2.45, 2.75) is 11.4 Å². The fourth-order valence-electron chi connectivity index (χ4n) is 2.03. The van der Waals surface area contributed by atoms with E-state index in [1.807, 2.05) is 36.4 Å². The summed E-state index contributed by atoms with van der Waals surface area (Å²) < 4.78 is 26.6. The van der Waals surface area contributed by atoms with E-state index in [-0.39, 0.29) is 17.3 Å². The van der Waals surface area contributed by atoms with Crippen LogP contribution in [0, 0.1) is 11.3 Å². The number of likely N-dealkylation sites (N-methyl/N-ethyl adjacent to an activating group) is 1. The normalized spacial score (nSPS) is 10.8. The molecule has 2 aromatic rings. The Balaban J connectivity index is 1.95. The zero-order valence-electron chi connectivity index (χ0n) is 13.1. The zero-order chi connectivity index (χ0) is 17.6. The molecule has 0 atom stereocenters. The molecule has 0 spiro atoms. The van der Waals surface area contributed by atoms with Gasteiger partial charge in [0.25, 0.3) is 0 Å². The molecule has 1 N–H and O–H groups in total. The quantitative estimate of drug-likeness (QED) is 0.860. The molecule has 0 aromatic heterocycles. The third-order valence-corrected chi connectivity index (χ3v) is 4.81. The second kappa shape index (κ2) is 7.73. The Morgan fingerprint density at radius 2 is 1.75 bits per heavy atom. The lowest BCUT2D eigenvalue weighted by Gasteiger charge is -2.17. The van der Waals surface area contributed by atoms with Crippen LogP contribution >= 0.6 is 0 Å². The Bertz CT molecular complexity index is 841. The van der Waals surface area contributed by atoms with E-state index in [1.54, 1.807) is 7.05 Å². The van der Waals surface area contributed by atoms with Crippen LogP contribution in [0.5, 0.6) is 0 Å². The molecule has 0 radical (unpaired) electrons. The summed E-state index contributed by atoms with van der Waals surface area (Å²) in [6.45, 7) is 0.0733. The minimum Gasteiger partial charge on any atom is -0.340 e. The fraction of sp³-hybridized carbons (Fsp3) is 0.176. The third kappa shape index (κ3) is 4.65. The molecule has 0 saturated heterocycles. The van der Waals surface area contributed by atoms with Crippen molar-refractivity contribution in [1.29, 1.82) is 5.26 Å². The maximum atomic E-state index is 12.2. The summed E-state index contributed by atoms with van der Waals surface area (Å²) >= 11 is 0. The van der Waals surface area contributed by atoms with E-state index in [1.165, 1.54) is 29.2 Å². The molecule has 0 aliphatic rings. The van der Waals surface area contributed by atoms with Crippen molar-refractivity contribution < 1.29 is 13.2 Å². The highest BCUT2D eigenvalue weighted by atomic mass is 32.2. The molecule has 0 heterocycles. The minimum atomic E-state index is -3.79. The van der Waals surface area contributed by atoms with Crippen molar-refractivity contribution in [3.05, 3.63) is 65.7 Å². The van der Waals surface area contributed by atoms with Crippen LogP contribution in [-0.4, -0.2) is 32.8 Å². The molecule has 7 heteroatoms. The Labute approximate surface area is 141 Å². The number of rotatable bonds is 6. The molecule has 24 heavy (non-hydrogen) atoms.